The molecule has 1 saturated heterocycles. The van der Waals surface area contributed by atoms with E-state index < -0.39 is 5.66 Å². The van der Waals surface area contributed by atoms with Gasteiger partial charge in [-0.25, -0.2) is 4.99 Å². The van der Waals surface area contributed by atoms with Crippen LogP contribution < -0.4 is 26.4 Å². The van der Waals surface area contributed by atoms with Gasteiger partial charge in [0.15, 0.2) is 11.6 Å². The van der Waals surface area contributed by atoms with Gasteiger partial charge in [0.25, 0.3) is 0 Å². The first-order chi connectivity index (χ1) is 11.0. The number of ether oxygens (including phenoxy) is 1. The summed E-state index contributed by atoms with van der Waals surface area (Å²) >= 11 is 0. The molecular formula is C16H24N6O. The van der Waals surface area contributed by atoms with E-state index in [-0.39, 0.29) is 0 Å². The van der Waals surface area contributed by atoms with E-state index in [0.717, 1.165) is 37.4 Å². The number of likely N-dealkylation sites (N-methyl/N-ethyl adjacent to an activating group) is 1. The van der Waals surface area contributed by atoms with Crippen molar-refractivity contribution in [3.63, 3.8) is 0 Å². The Morgan fingerprint density at radius 2 is 2.00 bits per heavy atom. The number of nitrogens with one attached hydrogen (secondary N) is 1. The summed E-state index contributed by atoms with van der Waals surface area (Å²) in [4.78, 5) is 9.00. The van der Waals surface area contributed by atoms with E-state index in [1.807, 2.05) is 12.1 Å². The predicted molar refractivity (Wildman–Crippen MR) is 92.5 cm³/mol. The maximum atomic E-state index is 6.40. The monoisotopic (exact) mass is 316 g/mol. The van der Waals surface area contributed by atoms with Gasteiger partial charge in [0.1, 0.15) is 5.75 Å². The molecule has 7 heteroatoms. The summed E-state index contributed by atoms with van der Waals surface area (Å²) in [6.07, 6.45) is 3.48. The zero-order valence-corrected chi connectivity index (χ0v) is 13.6. The molecule has 2 aliphatic heterocycles. The van der Waals surface area contributed by atoms with Crippen molar-refractivity contribution < 1.29 is 4.74 Å². The first-order valence-corrected chi connectivity index (χ1v) is 7.72. The van der Waals surface area contributed by atoms with E-state index in [4.69, 9.17) is 16.2 Å². The molecule has 124 valence electrons. The molecule has 0 radical (unpaired) electrons. The minimum absolute atomic E-state index is 0.292. The topological polar surface area (TPSA) is 92.1 Å². The van der Waals surface area contributed by atoms with Crippen LogP contribution in [-0.2, 0) is 5.66 Å². The summed E-state index contributed by atoms with van der Waals surface area (Å²) < 4.78 is 5.57. The van der Waals surface area contributed by atoms with E-state index in [1.165, 1.54) is 0 Å². The maximum absolute atomic E-state index is 6.40. The SMILES string of the molecule is COc1cc(N2CCN(C)CC2)ccc1C1(N)C=CNC(N)=N1. The normalized spacial score (nSPS) is 25.0. The summed E-state index contributed by atoms with van der Waals surface area (Å²) in [5, 5.41) is 2.83. The smallest absolute Gasteiger partial charge is 0.195 e. The van der Waals surface area contributed by atoms with Crippen LogP contribution in [0, 0.1) is 0 Å². The van der Waals surface area contributed by atoms with Gasteiger partial charge in [-0.05, 0) is 25.3 Å². The largest absolute Gasteiger partial charge is 0.496 e. The number of aliphatic imine (C=N–C) groups is 1. The molecule has 5 N–H and O–H groups in total. The summed E-state index contributed by atoms with van der Waals surface area (Å²) in [5.41, 5.74) is 13.1. The Kier molecular flexibility index (Phi) is 4.14. The van der Waals surface area contributed by atoms with Gasteiger partial charge in [0.05, 0.1) is 7.11 Å². The van der Waals surface area contributed by atoms with Crippen LogP contribution in [0.4, 0.5) is 5.69 Å². The number of hydrogen-bond donors (Lipinski definition) is 3. The minimum atomic E-state index is -1.01. The van der Waals surface area contributed by atoms with Crippen LogP contribution in [0.25, 0.3) is 0 Å². The molecule has 23 heavy (non-hydrogen) atoms. The number of methoxy groups -OCH3 is 1. The maximum Gasteiger partial charge on any atom is 0.195 e. The van der Waals surface area contributed by atoms with E-state index >= 15 is 0 Å². The molecule has 7 nitrogen and oxygen atoms in total. The molecule has 0 aliphatic carbocycles. The van der Waals surface area contributed by atoms with Crippen molar-refractivity contribution in [2.75, 3.05) is 45.2 Å². The third-order valence-corrected chi connectivity index (χ3v) is 4.36. The quantitative estimate of drug-likeness (QED) is 0.726. The number of hydrogen-bond acceptors (Lipinski definition) is 7. The van der Waals surface area contributed by atoms with Crippen molar-refractivity contribution in [1.29, 1.82) is 0 Å². The second-order valence-electron chi connectivity index (χ2n) is 5.97. The molecule has 0 spiro atoms. The van der Waals surface area contributed by atoms with Gasteiger partial charge in [0.2, 0.25) is 0 Å². The molecule has 1 fully saturated rings. The van der Waals surface area contributed by atoms with Gasteiger partial charge in [-0.1, -0.05) is 0 Å². The van der Waals surface area contributed by atoms with Gasteiger partial charge in [-0.2, -0.15) is 0 Å². The van der Waals surface area contributed by atoms with Gasteiger partial charge in [-0.3, -0.25) is 5.73 Å². The molecule has 1 aromatic carbocycles. The van der Waals surface area contributed by atoms with Gasteiger partial charge in [0, 0.05) is 49.7 Å². The lowest BCUT2D eigenvalue weighted by Crippen LogP contribution is -2.44. The fourth-order valence-corrected chi connectivity index (χ4v) is 2.95. The van der Waals surface area contributed by atoms with Crippen LogP contribution in [0.3, 0.4) is 0 Å². The number of guanidine groups is 1. The Labute approximate surface area is 136 Å². The molecule has 0 bridgehead atoms. The summed E-state index contributed by atoms with van der Waals surface area (Å²) in [6, 6.07) is 6.06. The summed E-state index contributed by atoms with van der Waals surface area (Å²) in [5.74, 6) is 1.01. The highest BCUT2D eigenvalue weighted by Crippen LogP contribution is 2.34. The van der Waals surface area contributed by atoms with Crippen LogP contribution in [0.5, 0.6) is 5.75 Å². The van der Waals surface area contributed by atoms with Crippen molar-refractivity contribution in [1.82, 2.24) is 10.2 Å². The van der Waals surface area contributed by atoms with Crippen molar-refractivity contribution in [2.45, 2.75) is 5.66 Å². The Bertz CT molecular complexity index is 635. The Morgan fingerprint density at radius 1 is 1.26 bits per heavy atom. The van der Waals surface area contributed by atoms with E-state index in [9.17, 15) is 0 Å². The Morgan fingerprint density at radius 3 is 2.65 bits per heavy atom. The van der Waals surface area contributed by atoms with Crippen molar-refractivity contribution in [3.05, 3.63) is 36.0 Å². The number of benzene rings is 1. The third kappa shape index (κ3) is 3.11. The number of nitrogens with two attached hydrogens (primary N) is 2. The first kappa shape index (κ1) is 15.6. The fraction of sp³-hybridized carbons (Fsp3) is 0.438. The number of nitrogens with zero attached hydrogens (tertiary/aromatic N) is 3. The van der Waals surface area contributed by atoms with Crippen molar-refractivity contribution in [3.8, 4) is 5.75 Å². The molecule has 1 unspecified atom stereocenters. The highest BCUT2D eigenvalue weighted by atomic mass is 16.5. The lowest BCUT2D eigenvalue weighted by atomic mass is 9.98. The minimum Gasteiger partial charge on any atom is -0.496 e. The average molecular weight is 316 g/mol. The molecule has 1 aromatic rings. The molecule has 0 aromatic heterocycles. The van der Waals surface area contributed by atoms with Crippen LogP contribution in [0.15, 0.2) is 35.5 Å². The molecule has 1 atom stereocenters. The molecule has 0 saturated carbocycles. The van der Waals surface area contributed by atoms with E-state index in [2.05, 4.69) is 33.2 Å². The van der Waals surface area contributed by atoms with Crippen molar-refractivity contribution in [2.24, 2.45) is 16.5 Å². The lowest BCUT2D eigenvalue weighted by molar-refractivity contribution is 0.312. The zero-order valence-electron chi connectivity index (χ0n) is 13.6. The van der Waals surface area contributed by atoms with Gasteiger partial charge < -0.3 is 25.6 Å². The average Bonchev–Trinajstić information content (AvgIpc) is 2.54. The standard InChI is InChI=1S/C16H24N6O/c1-21-7-9-22(10-8-21)12-3-4-13(14(11-12)23-2)16(18)5-6-19-15(17)20-16/h3-6,11H,7-10,18H2,1-2H3,(H3,17,19,20). The second-order valence-corrected chi connectivity index (χ2v) is 5.97. The first-order valence-electron chi connectivity index (χ1n) is 7.72. The van der Waals surface area contributed by atoms with Crippen LogP contribution in [0.2, 0.25) is 0 Å². The lowest BCUT2D eigenvalue weighted by Gasteiger charge is -2.35. The van der Waals surface area contributed by atoms with E-state index in [0.29, 0.717) is 11.7 Å². The summed E-state index contributed by atoms with van der Waals surface area (Å²) in [7, 11) is 3.79. The van der Waals surface area contributed by atoms with Crippen LogP contribution >= 0.6 is 0 Å². The second kappa shape index (κ2) is 6.10. The number of anilines is 1. The zero-order chi connectivity index (χ0) is 16.4. The van der Waals surface area contributed by atoms with E-state index in [1.54, 1.807) is 19.4 Å². The highest BCUT2D eigenvalue weighted by molar-refractivity contribution is 5.80. The third-order valence-electron chi connectivity index (χ3n) is 4.36. The fourth-order valence-electron chi connectivity index (χ4n) is 2.95. The molecule has 2 heterocycles. The molecule has 2 aliphatic rings. The predicted octanol–water partition coefficient (Wildman–Crippen LogP) is -0.00990. The molecule has 0 amide bonds. The summed E-state index contributed by atoms with van der Waals surface area (Å²) in [6.45, 7) is 4.11. The molecule has 3 rings (SSSR count). The van der Waals surface area contributed by atoms with Gasteiger partial charge in [-0.15, -0.1) is 0 Å². The van der Waals surface area contributed by atoms with Crippen molar-refractivity contribution >= 4 is 11.6 Å². The van der Waals surface area contributed by atoms with Crippen LogP contribution in [-0.4, -0.2) is 51.2 Å². The number of rotatable bonds is 3. The van der Waals surface area contributed by atoms with Crippen LogP contribution in [0.1, 0.15) is 5.56 Å². The Balaban J connectivity index is 1.91. The van der Waals surface area contributed by atoms with Gasteiger partial charge >= 0.3 is 0 Å². The molecular weight excluding hydrogens is 292 g/mol. The highest BCUT2D eigenvalue weighted by Gasteiger charge is 2.30. The number of piperazine rings is 1. The Hall–Kier alpha value is -2.25.